The van der Waals surface area contributed by atoms with Crippen LogP contribution in [0.3, 0.4) is 0 Å². The first-order valence-electron chi connectivity index (χ1n) is 15.6. The van der Waals surface area contributed by atoms with Crippen LogP contribution in [-0.2, 0) is 29.3 Å². The highest BCUT2D eigenvalue weighted by Gasteiger charge is 2.61. The fourth-order valence-corrected chi connectivity index (χ4v) is 7.28. The summed E-state index contributed by atoms with van der Waals surface area (Å²) in [6, 6.07) is 6.83. The van der Waals surface area contributed by atoms with Crippen LogP contribution >= 0.6 is 0 Å². The van der Waals surface area contributed by atoms with E-state index in [2.05, 4.69) is 14.8 Å². The second-order valence-electron chi connectivity index (χ2n) is 13.2. The van der Waals surface area contributed by atoms with Crippen LogP contribution in [0.15, 0.2) is 42.5 Å². The first-order chi connectivity index (χ1) is 20.7. The maximum Gasteiger partial charge on any atom is 0.408 e. The van der Waals surface area contributed by atoms with E-state index >= 15 is 0 Å². The number of rotatable bonds is 6. The quantitative estimate of drug-likeness (QED) is 0.401. The number of carbonyl (C=O) groups is 4. The predicted octanol–water partition coefficient (Wildman–Crippen LogP) is 4.07. The minimum Gasteiger partial charge on any atom is -0.444 e. The van der Waals surface area contributed by atoms with E-state index in [1.807, 2.05) is 18.2 Å². The van der Waals surface area contributed by atoms with Crippen molar-refractivity contribution in [3.05, 3.63) is 48.0 Å². The zero-order chi connectivity index (χ0) is 32.1. The van der Waals surface area contributed by atoms with Gasteiger partial charge in [0.15, 0.2) is 5.78 Å². The maximum atomic E-state index is 13.8. The van der Waals surface area contributed by atoms with Crippen LogP contribution in [0.25, 0.3) is 0 Å². The van der Waals surface area contributed by atoms with Gasteiger partial charge in [0.1, 0.15) is 11.6 Å². The Morgan fingerprint density at radius 1 is 1.05 bits per heavy atom. The number of amides is 3. The van der Waals surface area contributed by atoms with Gasteiger partial charge in [-0.05, 0) is 77.7 Å². The smallest absolute Gasteiger partial charge is 0.408 e. The molecule has 0 unspecified atom stereocenters. The first kappa shape index (κ1) is 33.6. The van der Waals surface area contributed by atoms with Crippen molar-refractivity contribution in [2.24, 2.45) is 11.3 Å². The second kappa shape index (κ2) is 13.8. The van der Waals surface area contributed by atoms with Gasteiger partial charge in [-0.15, -0.1) is 0 Å². The number of allylic oxidation sites excluding steroid dienone is 2. The van der Waals surface area contributed by atoms with Gasteiger partial charge in [0.2, 0.25) is 11.8 Å². The Morgan fingerprint density at radius 2 is 1.77 bits per heavy atom. The van der Waals surface area contributed by atoms with Crippen molar-refractivity contribution in [1.29, 1.82) is 0 Å². The molecule has 3 aliphatic rings. The fourth-order valence-electron chi connectivity index (χ4n) is 6.18. The molecule has 1 saturated carbocycles. The molecule has 1 saturated heterocycles. The molecule has 2 fully saturated rings. The van der Waals surface area contributed by atoms with Crippen LogP contribution < -0.4 is 14.8 Å². The molecule has 3 amide bonds. The topological polar surface area (TPSA) is 151 Å². The summed E-state index contributed by atoms with van der Waals surface area (Å²) in [5.41, 5.74) is -1.21. The summed E-state index contributed by atoms with van der Waals surface area (Å²) in [5.74, 6) is -1.63. The summed E-state index contributed by atoms with van der Waals surface area (Å²) < 4.78 is 36.1. The van der Waals surface area contributed by atoms with Gasteiger partial charge in [0.05, 0.1) is 11.5 Å². The summed E-state index contributed by atoms with van der Waals surface area (Å²) in [6.07, 6.45) is 7.95. The number of fused-ring (bicyclic) bond motifs is 2. The van der Waals surface area contributed by atoms with Crippen LogP contribution in [0.5, 0.6) is 0 Å². The van der Waals surface area contributed by atoms with Crippen molar-refractivity contribution in [2.45, 2.75) is 109 Å². The molecule has 3 N–H and O–H groups in total. The maximum absolute atomic E-state index is 13.8. The van der Waals surface area contributed by atoms with Crippen molar-refractivity contribution in [3.63, 3.8) is 0 Å². The SMILES string of the molecule is C[C@H](NS(=O)(=O)NC(=O)[C@]12CC(=O)[C@@H]3CCCN3C(=O)[C@@H](NC(=O)OC(C)(C)C)CCCCC/C=C\[C@@H]1C2)c1ccccc1. The van der Waals surface area contributed by atoms with E-state index in [1.54, 1.807) is 52.0 Å². The van der Waals surface area contributed by atoms with Gasteiger partial charge >= 0.3 is 16.3 Å². The molecule has 11 nitrogen and oxygen atoms in total. The molecular formula is C32H46N4O7S. The van der Waals surface area contributed by atoms with E-state index in [9.17, 15) is 27.6 Å². The Morgan fingerprint density at radius 3 is 2.48 bits per heavy atom. The zero-order valence-electron chi connectivity index (χ0n) is 26.1. The number of ether oxygens (including phenoxy) is 1. The lowest BCUT2D eigenvalue weighted by atomic mass is 9.91. The summed E-state index contributed by atoms with van der Waals surface area (Å²) in [7, 11) is -4.23. The highest BCUT2D eigenvalue weighted by atomic mass is 32.2. The molecule has 12 heteroatoms. The number of alkyl carbamates (subject to hydrolysis) is 1. The molecule has 0 aromatic heterocycles. The van der Waals surface area contributed by atoms with E-state index < -0.39 is 51.4 Å². The number of hydrogen-bond acceptors (Lipinski definition) is 7. The molecule has 5 atom stereocenters. The van der Waals surface area contributed by atoms with E-state index in [-0.39, 0.29) is 24.0 Å². The molecule has 2 heterocycles. The van der Waals surface area contributed by atoms with Gasteiger partial charge in [-0.1, -0.05) is 55.3 Å². The number of nitrogens with zero attached hydrogens (tertiary/aromatic N) is 1. The van der Waals surface area contributed by atoms with Gasteiger partial charge in [0.25, 0.3) is 0 Å². The summed E-state index contributed by atoms with van der Waals surface area (Å²) in [6.45, 7) is 7.28. The number of nitrogens with one attached hydrogen (secondary N) is 3. The van der Waals surface area contributed by atoms with Crippen LogP contribution in [0, 0.1) is 11.3 Å². The third-order valence-electron chi connectivity index (χ3n) is 8.56. The first-order valence-corrected chi connectivity index (χ1v) is 17.1. The highest BCUT2D eigenvalue weighted by Crippen LogP contribution is 2.57. The van der Waals surface area contributed by atoms with E-state index in [1.165, 1.54) is 4.90 Å². The van der Waals surface area contributed by atoms with E-state index in [4.69, 9.17) is 4.74 Å². The monoisotopic (exact) mass is 630 g/mol. The average molecular weight is 631 g/mol. The normalized spacial score (nSPS) is 28.0. The number of ketones is 1. The molecule has 242 valence electrons. The fraction of sp³-hybridized carbons (Fsp3) is 0.625. The predicted molar refractivity (Wildman–Crippen MR) is 165 cm³/mol. The third-order valence-corrected chi connectivity index (χ3v) is 9.68. The van der Waals surface area contributed by atoms with Crippen LogP contribution in [0.1, 0.15) is 97.1 Å². The van der Waals surface area contributed by atoms with E-state index in [0.29, 0.717) is 38.6 Å². The largest absolute Gasteiger partial charge is 0.444 e. The molecule has 1 aliphatic carbocycles. The molecule has 4 rings (SSSR count). The van der Waals surface area contributed by atoms with Crippen molar-refractivity contribution in [2.75, 3.05) is 6.54 Å². The van der Waals surface area contributed by atoms with Gasteiger partial charge in [-0.2, -0.15) is 13.1 Å². The molecule has 1 aromatic rings. The van der Waals surface area contributed by atoms with Gasteiger partial charge in [0, 0.05) is 19.0 Å². The Labute approximate surface area is 260 Å². The molecule has 1 aromatic carbocycles. The highest BCUT2D eigenvalue weighted by molar-refractivity contribution is 7.88. The minimum atomic E-state index is -4.23. The average Bonchev–Trinajstić information content (AvgIpc) is 3.40. The number of carbonyl (C=O) groups excluding carboxylic acids is 4. The molecule has 44 heavy (non-hydrogen) atoms. The summed E-state index contributed by atoms with van der Waals surface area (Å²) in [4.78, 5) is 55.3. The number of benzene rings is 1. The second-order valence-corrected chi connectivity index (χ2v) is 14.7. The zero-order valence-corrected chi connectivity index (χ0v) is 27.0. The van der Waals surface area contributed by atoms with Crippen LogP contribution in [0.4, 0.5) is 4.79 Å². The number of Topliss-reactive ketones (excluding diaryl/α,β-unsaturated/α-hetero) is 1. The lowest BCUT2D eigenvalue weighted by molar-refractivity contribution is -0.140. The van der Waals surface area contributed by atoms with Crippen molar-refractivity contribution in [3.8, 4) is 0 Å². The minimum absolute atomic E-state index is 0.184. The molecule has 0 radical (unpaired) electrons. The molecule has 2 aliphatic heterocycles. The standard InChI is InChI=1S/C32H46N4O7S/c1-22(23-14-9-8-10-15-23)34-44(41,42)35-29(39)32-20-24(32)16-11-6-5-7-12-17-25(33-30(40)43-31(2,3)4)28(38)36-19-13-18-26(36)27(37)21-32/h8-11,14-16,22,24-26,34H,5-7,12-13,17-21H2,1-4H3,(H,33,40)(H,35,39)/b16-11-/t22-,24+,25-,26-,32+/m0/s1. The van der Waals surface area contributed by atoms with Crippen molar-refractivity contribution in [1.82, 2.24) is 19.7 Å². The lowest BCUT2D eigenvalue weighted by Crippen LogP contribution is -2.53. The van der Waals surface area contributed by atoms with Gasteiger partial charge < -0.3 is 15.0 Å². The summed E-state index contributed by atoms with van der Waals surface area (Å²) >= 11 is 0. The lowest BCUT2D eigenvalue weighted by Gasteiger charge is -2.30. The van der Waals surface area contributed by atoms with Gasteiger partial charge in [-0.3, -0.25) is 14.4 Å². The van der Waals surface area contributed by atoms with Crippen molar-refractivity contribution >= 4 is 33.9 Å². The van der Waals surface area contributed by atoms with Crippen LogP contribution in [-0.4, -0.2) is 61.2 Å². The summed E-state index contributed by atoms with van der Waals surface area (Å²) in [5, 5.41) is 2.73. The Hall–Kier alpha value is -3.25. The molecular weight excluding hydrogens is 584 g/mol. The van der Waals surface area contributed by atoms with Crippen LogP contribution in [0.2, 0.25) is 0 Å². The van der Waals surface area contributed by atoms with E-state index in [0.717, 1.165) is 24.8 Å². The molecule has 0 bridgehead atoms. The Bertz CT molecular complexity index is 1360. The third kappa shape index (κ3) is 8.68. The number of hydrogen-bond donors (Lipinski definition) is 3. The van der Waals surface area contributed by atoms with Crippen molar-refractivity contribution < 1.29 is 32.3 Å². The van der Waals surface area contributed by atoms with Gasteiger partial charge in [-0.25, -0.2) is 9.52 Å². The Kier molecular flexibility index (Phi) is 10.6. The Balaban J connectivity index is 1.52. The molecule has 0 spiro atoms.